The largest absolute Gasteiger partial charge is 0.467 e. The average molecular weight is 312 g/mol. The first-order chi connectivity index (χ1) is 11.3. The van der Waals surface area contributed by atoms with Crippen molar-refractivity contribution in [2.45, 2.75) is 25.3 Å². The summed E-state index contributed by atoms with van der Waals surface area (Å²) < 4.78 is 7.10. The third kappa shape index (κ3) is 2.87. The standard InChI is InChI=1S/C15H16N6O2/c22-12(17-8-11-2-1-7-23-11)9-18-13-15-20-19-14(10-3-4-10)21(15)6-5-16-13/h1-2,5-7,10H,3-4,8-9H2,(H,16,18)(H,17,22). The van der Waals surface area contributed by atoms with Gasteiger partial charge in [-0.05, 0) is 25.0 Å². The number of aromatic nitrogens is 4. The topological polar surface area (TPSA) is 97.4 Å². The molecule has 4 rings (SSSR count). The predicted octanol–water partition coefficient (Wildman–Crippen LogP) is 1.32. The van der Waals surface area contributed by atoms with Crippen molar-refractivity contribution in [3.05, 3.63) is 42.4 Å². The lowest BCUT2D eigenvalue weighted by molar-refractivity contribution is -0.119. The van der Waals surface area contributed by atoms with Gasteiger partial charge in [-0.1, -0.05) is 0 Å². The van der Waals surface area contributed by atoms with Gasteiger partial charge in [-0.2, -0.15) is 0 Å². The fourth-order valence-electron chi connectivity index (χ4n) is 2.41. The van der Waals surface area contributed by atoms with Gasteiger partial charge in [-0.3, -0.25) is 9.20 Å². The van der Waals surface area contributed by atoms with Gasteiger partial charge in [-0.25, -0.2) is 4.98 Å². The molecule has 1 saturated carbocycles. The number of fused-ring (bicyclic) bond motifs is 1. The zero-order valence-electron chi connectivity index (χ0n) is 12.4. The minimum absolute atomic E-state index is 0.110. The molecule has 1 aliphatic carbocycles. The van der Waals surface area contributed by atoms with Gasteiger partial charge in [0.05, 0.1) is 19.4 Å². The van der Waals surface area contributed by atoms with E-state index in [2.05, 4.69) is 25.8 Å². The Morgan fingerprint density at radius 2 is 2.30 bits per heavy atom. The smallest absolute Gasteiger partial charge is 0.239 e. The summed E-state index contributed by atoms with van der Waals surface area (Å²) in [5.41, 5.74) is 0.647. The van der Waals surface area contributed by atoms with Gasteiger partial charge in [0, 0.05) is 18.3 Å². The van der Waals surface area contributed by atoms with Crippen LogP contribution in [0.2, 0.25) is 0 Å². The molecule has 3 heterocycles. The molecule has 118 valence electrons. The zero-order valence-corrected chi connectivity index (χ0v) is 12.4. The Balaban J connectivity index is 1.40. The van der Waals surface area contributed by atoms with Crippen LogP contribution in [0, 0.1) is 0 Å². The Kier molecular flexibility index (Phi) is 3.41. The van der Waals surface area contributed by atoms with E-state index in [0.29, 0.717) is 29.7 Å². The van der Waals surface area contributed by atoms with Gasteiger partial charge in [0.25, 0.3) is 0 Å². The lowest BCUT2D eigenvalue weighted by Gasteiger charge is -2.07. The number of carbonyl (C=O) groups is 1. The summed E-state index contributed by atoms with van der Waals surface area (Å²) in [5.74, 6) is 2.59. The molecule has 0 unspecified atom stereocenters. The van der Waals surface area contributed by atoms with Gasteiger partial charge < -0.3 is 15.1 Å². The molecule has 0 spiro atoms. The monoisotopic (exact) mass is 312 g/mol. The fraction of sp³-hybridized carbons (Fsp3) is 0.333. The fourth-order valence-corrected chi connectivity index (χ4v) is 2.41. The summed E-state index contributed by atoms with van der Waals surface area (Å²) in [6.07, 6.45) is 7.42. The molecular formula is C15H16N6O2. The second kappa shape index (κ2) is 5.71. The number of hydrogen-bond acceptors (Lipinski definition) is 6. The molecule has 0 saturated heterocycles. The van der Waals surface area contributed by atoms with Crippen molar-refractivity contribution >= 4 is 17.4 Å². The van der Waals surface area contributed by atoms with Crippen molar-refractivity contribution in [1.82, 2.24) is 24.9 Å². The molecule has 2 N–H and O–H groups in total. The second-order valence-electron chi connectivity index (χ2n) is 5.51. The van der Waals surface area contributed by atoms with Crippen LogP contribution in [0.25, 0.3) is 5.65 Å². The quantitative estimate of drug-likeness (QED) is 0.712. The van der Waals surface area contributed by atoms with E-state index in [1.807, 2.05) is 16.7 Å². The average Bonchev–Trinajstić information content (AvgIpc) is 3.11. The lowest BCUT2D eigenvalue weighted by Crippen LogP contribution is -2.29. The Morgan fingerprint density at radius 3 is 3.09 bits per heavy atom. The van der Waals surface area contributed by atoms with E-state index in [-0.39, 0.29) is 12.5 Å². The van der Waals surface area contributed by atoms with E-state index in [0.717, 1.165) is 18.7 Å². The first kappa shape index (κ1) is 13.7. The molecule has 1 fully saturated rings. The van der Waals surface area contributed by atoms with Crippen molar-refractivity contribution in [1.29, 1.82) is 0 Å². The number of rotatable bonds is 6. The number of carbonyl (C=O) groups excluding carboxylic acids is 1. The van der Waals surface area contributed by atoms with Gasteiger partial charge in [0.2, 0.25) is 11.6 Å². The highest BCUT2D eigenvalue weighted by Crippen LogP contribution is 2.39. The summed E-state index contributed by atoms with van der Waals surface area (Å²) in [6.45, 7) is 0.473. The van der Waals surface area contributed by atoms with Crippen LogP contribution in [0.5, 0.6) is 0 Å². The number of hydrogen-bond donors (Lipinski definition) is 2. The normalized spacial score (nSPS) is 14.1. The van der Waals surface area contributed by atoms with Crippen LogP contribution in [-0.4, -0.2) is 32.0 Å². The van der Waals surface area contributed by atoms with Crippen LogP contribution in [0.15, 0.2) is 35.2 Å². The molecule has 8 heteroatoms. The Bertz CT molecular complexity index is 822. The van der Waals surface area contributed by atoms with Gasteiger partial charge in [-0.15, -0.1) is 10.2 Å². The summed E-state index contributed by atoms with van der Waals surface area (Å²) in [4.78, 5) is 16.1. The molecule has 0 aliphatic heterocycles. The number of nitrogens with zero attached hydrogens (tertiary/aromatic N) is 4. The third-order valence-corrected chi connectivity index (χ3v) is 3.75. The summed E-state index contributed by atoms with van der Waals surface area (Å²) in [6, 6.07) is 3.60. The van der Waals surface area contributed by atoms with Gasteiger partial charge in [0.15, 0.2) is 5.82 Å². The predicted molar refractivity (Wildman–Crippen MR) is 81.8 cm³/mol. The van der Waals surface area contributed by atoms with Crippen molar-refractivity contribution in [3.63, 3.8) is 0 Å². The lowest BCUT2D eigenvalue weighted by atomic mass is 10.4. The minimum Gasteiger partial charge on any atom is -0.467 e. The van der Waals surface area contributed by atoms with Crippen LogP contribution in [0.3, 0.4) is 0 Å². The molecule has 8 nitrogen and oxygen atoms in total. The molecule has 3 aromatic heterocycles. The first-order valence-electron chi connectivity index (χ1n) is 7.54. The highest BCUT2D eigenvalue weighted by molar-refractivity contribution is 5.81. The summed E-state index contributed by atoms with van der Waals surface area (Å²) in [5, 5.41) is 14.2. The van der Waals surface area contributed by atoms with E-state index in [4.69, 9.17) is 4.42 Å². The molecule has 3 aromatic rings. The maximum absolute atomic E-state index is 11.9. The number of nitrogens with one attached hydrogen (secondary N) is 2. The van der Waals surface area contributed by atoms with E-state index in [9.17, 15) is 4.79 Å². The zero-order chi connectivity index (χ0) is 15.6. The Hall–Kier alpha value is -2.90. The van der Waals surface area contributed by atoms with Crippen LogP contribution in [0.1, 0.15) is 30.3 Å². The van der Waals surface area contributed by atoms with Gasteiger partial charge >= 0.3 is 0 Å². The highest BCUT2D eigenvalue weighted by Gasteiger charge is 2.29. The molecule has 1 amide bonds. The molecule has 0 bridgehead atoms. The van der Waals surface area contributed by atoms with Crippen molar-refractivity contribution in [2.75, 3.05) is 11.9 Å². The van der Waals surface area contributed by atoms with Crippen LogP contribution >= 0.6 is 0 Å². The van der Waals surface area contributed by atoms with Crippen LogP contribution < -0.4 is 10.6 Å². The number of furan rings is 1. The molecular weight excluding hydrogens is 296 g/mol. The second-order valence-corrected chi connectivity index (χ2v) is 5.51. The Labute approximate surface area is 131 Å². The van der Waals surface area contributed by atoms with E-state index < -0.39 is 0 Å². The number of anilines is 1. The maximum atomic E-state index is 11.9. The first-order valence-corrected chi connectivity index (χ1v) is 7.54. The van der Waals surface area contributed by atoms with E-state index >= 15 is 0 Å². The molecule has 0 aromatic carbocycles. The molecule has 0 atom stereocenters. The van der Waals surface area contributed by atoms with Gasteiger partial charge in [0.1, 0.15) is 11.6 Å². The van der Waals surface area contributed by atoms with Crippen LogP contribution in [-0.2, 0) is 11.3 Å². The highest BCUT2D eigenvalue weighted by atomic mass is 16.3. The summed E-state index contributed by atoms with van der Waals surface area (Å²) >= 11 is 0. The Morgan fingerprint density at radius 1 is 1.39 bits per heavy atom. The van der Waals surface area contributed by atoms with Crippen molar-refractivity contribution < 1.29 is 9.21 Å². The van der Waals surface area contributed by atoms with Crippen molar-refractivity contribution in [3.8, 4) is 0 Å². The van der Waals surface area contributed by atoms with Crippen LogP contribution in [0.4, 0.5) is 5.82 Å². The summed E-state index contributed by atoms with van der Waals surface area (Å²) in [7, 11) is 0. The molecule has 23 heavy (non-hydrogen) atoms. The SMILES string of the molecule is O=C(CNc1nccn2c(C3CC3)nnc12)NCc1ccco1. The molecule has 1 aliphatic rings. The third-order valence-electron chi connectivity index (χ3n) is 3.75. The number of amides is 1. The van der Waals surface area contributed by atoms with E-state index in [1.54, 1.807) is 18.5 Å². The van der Waals surface area contributed by atoms with Crippen molar-refractivity contribution in [2.24, 2.45) is 0 Å². The van der Waals surface area contributed by atoms with E-state index in [1.165, 1.54) is 0 Å². The maximum Gasteiger partial charge on any atom is 0.239 e. The minimum atomic E-state index is -0.146. The molecule has 0 radical (unpaired) electrons.